The van der Waals surface area contributed by atoms with Gasteiger partial charge in [0, 0.05) is 36.9 Å². The molecule has 0 aliphatic carbocycles. The van der Waals surface area contributed by atoms with Crippen LogP contribution in [0.15, 0.2) is 48.5 Å². The van der Waals surface area contributed by atoms with Gasteiger partial charge in [-0.05, 0) is 67.1 Å². The van der Waals surface area contributed by atoms with E-state index in [0.717, 1.165) is 54.0 Å². The third kappa shape index (κ3) is 4.83. The number of piperazine rings is 1. The molecule has 1 aliphatic rings. The number of halogens is 1. The van der Waals surface area contributed by atoms with Crippen molar-refractivity contribution in [2.45, 2.75) is 32.9 Å². The molecule has 164 valence electrons. The zero-order valence-corrected chi connectivity index (χ0v) is 19.0. The molecule has 0 unspecified atom stereocenters. The largest absolute Gasteiger partial charge is 0.494 e. The lowest BCUT2D eigenvalue weighted by Crippen LogP contribution is -2.48. The van der Waals surface area contributed by atoms with Crippen LogP contribution < -0.4 is 9.64 Å². The van der Waals surface area contributed by atoms with E-state index in [9.17, 15) is 0 Å². The van der Waals surface area contributed by atoms with Crippen molar-refractivity contribution in [2.24, 2.45) is 0 Å². The molecule has 4 rings (SSSR count). The zero-order valence-electron chi connectivity index (χ0n) is 18.3. The fourth-order valence-corrected chi connectivity index (χ4v) is 4.28. The number of aromatic nitrogens is 4. The summed E-state index contributed by atoms with van der Waals surface area (Å²) in [5.74, 6) is 1.74. The maximum atomic E-state index is 6.20. The van der Waals surface area contributed by atoms with Crippen LogP contribution in [-0.4, -0.2) is 57.9 Å². The summed E-state index contributed by atoms with van der Waals surface area (Å²) >= 11 is 6.20. The summed E-state index contributed by atoms with van der Waals surface area (Å²) in [5, 5.41) is 13.4. The van der Waals surface area contributed by atoms with Gasteiger partial charge in [-0.25, -0.2) is 4.68 Å². The summed E-state index contributed by atoms with van der Waals surface area (Å²) in [4.78, 5) is 4.84. The van der Waals surface area contributed by atoms with Gasteiger partial charge < -0.3 is 9.64 Å². The summed E-state index contributed by atoms with van der Waals surface area (Å²) < 4.78 is 7.56. The predicted molar refractivity (Wildman–Crippen MR) is 123 cm³/mol. The lowest BCUT2D eigenvalue weighted by atomic mass is 10.0. The molecule has 1 atom stereocenters. The number of benzene rings is 2. The number of tetrazole rings is 1. The Bertz CT molecular complexity index is 982. The molecule has 2 heterocycles. The Hall–Kier alpha value is -2.64. The summed E-state index contributed by atoms with van der Waals surface area (Å²) in [6.45, 7) is 10.5. The Labute approximate surface area is 188 Å². The van der Waals surface area contributed by atoms with Gasteiger partial charge in [0.2, 0.25) is 0 Å². The maximum absolute atomic E-state index is 6.20. The van der Waals surface area contributed by atoms with E-state index in [1.165, 1.54) is 0 Å². The first-order valence-corrected chi connectivity index (χ1v) is 11.2. The molecule has 0 amide bonds. The lowest BCUT2D eigenvalue weighted by molar-refractivity contribution is 0.199. The molecule has 1 aromatic heterocycles. The lowest BCUT2D eigenvalue weighted by Gasteiger charge is -2.40. The number of hydrogen-bond donors (Lipinski definition) is 0. The molecule has 7 nitrogen and oxygen atoms in total. The molecule has 0 saturated carbocycles. The van der Waals surface area contributed by atoms with Crippen molar-refractivity contribution >= 4 is 17.3 Å². The van der Waals surface area contributed by atoms with Gasteiger partial charge in [-0.3, -0.25) is 4.90 Å². The first kappa shape index (κ1) is 21.6. The van der Waals surface area contributed by atoms with Gasteiger partial charge in [0.15, 0.2) is 5.82 Å². The van der Waals surface area contributed by atoms with Crippen molar-refractivity contribution in [3.8, 4) is 5.75 Å². The third-order valence-electron chi connectivity index (χ3n) is 5.61. The standard InChI is InChI=1S/C23H29ClN6O/c1-4-31-21-10-8-18(9-11-21)22(23-25-26-27-30(23)17(2)3)29-14-12-28(13-15-29)20-7-5-6-19(24)16-20/h5-11,16-17,22H,4,12-15H2,1-3H3/t22-/m0/s1. The molecule has 1 fully saturated rings. The monoisotopic (exact) mass is 440 g/mol. The first-order valence-electron chi connectivity index (χ1n) is 10.8. The Morgan fingerprint density at radius 3 is 2.42 bits per heavy atom. The normalized spacial score (nSPS) is 16.0. The topological polar surface area (TPSA) is 59.3 Å². The Morgan fingerprint density at radius 1 is 1.03 bits per heavy atom. The van der Waals surface area contributed by atoms with Gasteiger partial charge in [0.1, 0.15) is 5.75 Å². The number of anilines is 1. The van der Waals surface area contributed by atoms with E-state index >= 15 is 0 Å². The van der Waals surface area contributed by atoms with Crippen LogP contribution >= 0.6 is 11.6 Å². The van der Waals surface area contributed by atoms with Crippen LogP contribution in [0.2, 0.25) is 5.02 Å². The van der Waals surface area contributed by atoms with Gasteiger partial charge in [-0.2, -0.15) is 0 Å². The minimum atomic E-state index is -0.0189. The van der Waals surface area contributed by atoms with Crippen LogP contribution in [0.3, 0.4) is 0 Å². The fraction of sp³-hybridized carbons (Fsp3) is 0.435. The molecule has 0 N–H and O–H groups in total. The molecule has 8 heteroatoms. The van der Waals surface area contributed by atoms with Crippen molar-refractivity contribution in [1.29, 1.82) is 0 Å². The van der Waals surface area contributed by atoms with Crippen molar-refractivity contribution in [2.75, 3.05) is 37.7 Å². The molecule has 3 aromatic rings. The number of ether oxygens (including phenoxy) is 1. The van der Waals surface area contributed by atoms with Gasteiger partial charge in [0.25, 0.3) is 0 Å². The summed E-state index contributed by atoms with van der Waals surface area (Å²) in [6.07, 6.45) is 0. The van der Waals surface area contributed by atoms with Crippen LogP contribution in [0.1, 0.15) is 44.2 Å². The number of nitrogens with zero attached hydrogens (tertiary/aromatic N) is 6. The Morgan fingerprint density at radius 2 is 1.77 bits per heavy atom. The molecule has 1 aliphatic heterocycles. The molecule has 31 heavy (non-hydrogen) atoms. The Kier molecular flexibility index (Phi) is 6.73. The quantitative estimate of drug-likeness (QED) is 0.548. The molecule has 0 bridgehead atoms. The van der Waals surface area contributed by atoms with Crippen LogP contribution in [0.25, 0.3) is 0 Å². The smallest absolute Gasteiger partial charge is 0.173 e. The second-order valence-electron chi connectivity index (χ2n) is 7.98. The van der Waals surface area contributed by atoms with E-state index in [-0.39, 0.29) is 12.1 Å². The van der Waals surface area contributed by atoms with Gasteiger partial charge in [-0.15, -0.1) is 5.10 Å². The van der Waals surface area contributed by atoms with Crippen molar-refractivity contribution in [1.82, 2.24) is 25.1 Å². The first-order chi connectivity index (χ1) is 15.1. The molecular weight excluding hydrogens is 412 g/mol. The SMILES string of the molecule is CCOc1ccc([C@@H](c2nnnn2C(C)C)N2CCN(c3cccc(Cl)c3)CC2)cc1. The van der Waals surface area contributed by atoms with E-state index in [4.69, 9.17) is 16.3 Å². The molecule has 1 saturated heterocycles. The van der Waals surface area contributed by atoms with Crippen LogP contribution in [0, 0.1) is 0 Å². The summed E-state index contributed by atoms with van der Waals surface area (Å²) in [7, 11) is 0. The predicted octanol–water partition coefficient (Wildman–Crippen LogP) is 4.22. The molecule has 0 spiro atoms. The summed E-state index contributed by atoms with van der Waals surface area (Å²) in [6, 6.07) is 16.5. The molecular formula is C23H29ClN6O. The van der Waals surface area contributed by atoms with Crippen molar-refractivity contribution in [3.63, 3.8) is 0 Å². The highest BCUT2D eigenvalue weighted by Gasteiger charge is 2.31. The highest BCUT2D eigenvalue weighted by atomic mass is 35.5. The van der Waals surface area contributed by atoms with Crippen molar-refractivity contribution in [3.05, 3.63) is 64.9 Å². The average molecular weight is 441 g/mol. The highest BCUT2D eigenvalue weighted by molar-refractivity contribution is 6.30. The van der Waals surface area contributed by atoms with E-state index in [1.54, 1.807) is 0 Å². The van der Waals surface area contributed by atoms with E-state index in [2.05, 4.69) is 57.4 Å². The van der Waals surface area contributed by atoms with E-state index < -0.39 is 0 Å². The second kappa shape index (κ2) is 9.66. The van der Waals surface area contributed by atoms with Gasteiger partial charge in [-0.1, -0.05) is 29.8 Å². The minimum absolute atomic E-state index is 0.0189. The highest BCUT2D eigenvalue weighted by Crippen LogP contribution is 2.31. The van der Waals surface area contributed by atoms with Crippen LogP contribution in [0.5, 0.6) is 5.75 Å². The average Bonchev–Trinajstić information content (AvgIpc) is 3.26. The second-order valence-corrected chi connectivity index (χ2v) is 8.42. The van der Waals surface area contributed by atoms with Gasteiger partial charge in [0.05, 0.1) is 18.7 Å². The van der Waals surface area contributed by atoms with Crippen LogP contribution in [-0.2, 0) is 0 Å². The fourth-order valence-electron chi connectivity index (χ4n) is 4.10. The van der Waals surface area contributed by atoms with Crippen LogP contribution in [0.4, 0.5) is 5.69 Å². The Balaban J connectivity index is 1.60. The zero-order chi connectivity index (χ0) is 21.8. The summed E-state index contributed by atoms with van der Waals surface area (Å²) in [5.41, 5.74) is 2.33. The molecule has 0 radical (unpaired) electrons. The van der Waals surface area contributed by atoms with E-state index in [1.807, 2.05) is 41.9 Å². The number of rotatable bonds is 7. The van der Waals surface area contributed by atoms with Crippen molar-refractivity contribution < 1.29 is 4.74 Å². The number of hydrogen-bond acceptors (Lipinski definition) is 6. The molecule has 2 aromatic carbocycles. The third-order valence-corrected chi connectivity index (χ3v) is 5.85. The maximum Gasteiger partial charge on any atom is 0.173 e. The minimum Gasteiger partial charge on any atom is -0.494 e. The van der Waals surface area contributed by atoms with E-state index in [0.29, 0.717) is 6.61 Å². The van der Waals surface area contributed by atoms with Gasteiger partial charge >= 0.3 is 0 Å².